The molecule has 0 radical (unpaired) electrons. The average Bonchev–Trinajstić information content (AvgIpc) is 3.20. The van der Waals surface area contributed by atoms with Crippen LogP contribution in [0, 0.1) is 13.8 Å². The molecule has 0 saturated carbocycles. The summed E-state index contributed by atoms with van der Waals surface area (Å²) in [6.45, 7) is 6.20. The zero-order valence-electron chi connectivity index (χ0n) is 15.4. The Hall–Kier alpha value is -3.15. The second kappa shape index (κ2) is 6.29. The molecule has 1 N–H and O–H groups in total. The molecular weight excluding hydrogens is 324 g/mol. The van der Waals surface area contributed by atoms with Crippen molar-refractivity contribution in [1.82, 2.24) is 24.4 Å². The van der Waals surface area contributed by atoms with Crippen molar-refractivity contribution in [3.8, 4) is 11.3 Å². The van der Waals surface area contributed by atoms with Gasteiger partial charge in [0, 0.05) is 36.0 Å². The lowest BCUT2D eigenvalue weighted by Gasteiger charge is -2.16. The Labute approximate surface area is 152 Å². The third-order valence-corrected chi connectivity index (χ3v) is 4.72. The molecular formula is C20H22N6. The van der Waals surface area contributed by atoms with Crippen molar-refractivity contribution in [1.29, 1.82) is 0 Å². The minimum atomic E-state index is 0.0998. The van der Waals surface area contributed by atoms with Crippen LogP contribution in [-0.2, 0) is 7.05 Å². The van der Waals surface area contributed by atoms with Gasteiger partial charge >= 0.3 is 0 Å². The molecule has 4 aromatic rings. The molecule has 1 aromatic carbocycles. The molecule has 0 bridgehead atoms. The van der Waals surface area contributed by atoms with E-state index in [1.807, 2.05) is 53.8 Å². The SMILES string of the molecule is Cc1nn2c(N[C@H](C)c3cnn(C)c3)cc(-c3ccccc3)nc2c1C. The fourth-order valence-corrected chi connectivity index (χ4v) is 3.06. The van der Waals surface area contributed by atoms with Crippen LogP contribution in [0.25, 0.3) is 16.9 Å². The molecule has 0 unspecified atom stereocenters. The van der Waals surface area contributed by atoms with E-state index in [1.54, 1.807) is 0 Å². The number of hydrogen-bond acceptors (Lipinski definition) is 4. The Kier molecular flexibility index (Phi) is 3.95. The van der Waals surface area contributed by atoms with E-state index in [4.69, 9.17) is 4.98 Å². The summed E-state index contributed by atoms with van der Waals surface area (Å²) in [7, 11) is 1.93. The van der Waals surface area contributed by atoms with Gasteiger partial charge in [-0.1, -0.05) is 30.3 Å². The number of rotatable bonds is 4. The van der Waals surface area contributed by atoms with E-state index in [-0.39, 0.29) is 6.04 Å². The first-order chi connectivity index (χ1) is 12.5. The molecule has 1 atom stereocenters. The predicted octanol–water partition coefficient (Wildman–Crippen LogP) is 3.92. The van der Waals surface area contributed by atoms with Gasteiger partial charge in [-0.2, -0.15) is 14.7 Å². The van der Waals surface area contributed by atoms with E-state index < -0.39 is 0 Å². The van der Waals surface area contributed by atoms with Gasteiger partial charge in [0.2, 0.25) is 0 Å². The van der Waals surface area contributed by atoms with Crippen LogP contribution in [0.4, 0.5) is 5.82 Å². The highest BCUT2D eigenvalue weighted by Gasteiger charge is 2.16. The normalized spacial score (nSPS) is 12.5. The summed E-state index contributed by atoms with van der Waals surface area (Å²) >= 11 is 0. The van der Waals surface area contributed by atoms with Gasteiger partial charge in [-0.15, -0.1) is 0 Å². The largest absolute Gasteiger partial charge is 0.363 e. The molecule has 3 aromatic heterocycles. The van der Waals surface area contributed by atoms with Crippen molar-refractivity contribution >= 4 is 11.5 Å². The van der Waals surface area contributed by atoms with E-state index in [0.29, 0.717) is 0 Å². The Bertz CT molecular complexity index is 1060. The molecule has 0 saturated heterocycles. The summed E-state index contributed by atoms with van der Waals surface area (Å²) in [4.78, 5) is 4.85. The third kappa shape index (κ3) is 2.83. The highest BCUT2D eigenvalue weighted by Crippen LogP contribution is 2.27. The van der Waals surface area contributed by atoms with Gasteiger partial charge in [-0.3, -0.25) is 4.68 Å². The Balaban J connectivity index is 1.83. The molecule has 4 rings (SSSR count). The maximum atomic E-state index is 4.85. The number of nitrogens with one attached hydrogen (secondary N) is 1. The molecule has 6 nitrogen and oxygen atoms in total. The standard InChI is InChI=1S/C20H22N6/c1-13-14(2)24-26-19(22-15(3)17-11-21-25(4)12-17)10-18(23-20(13)26)16-8-6-5-7-9-16/h5-12,15,22H,1-4H3/t15-/m1/s1. The second-order valence-electron chi connectivity index (χ2n) is 6.65. The average molecular weight is 346 g/mol. The zero-order chi connectivity index (χ0) is 18.3. The minimum Gasteiger partial charge on any atom is -0.363 e. The molecule has 0 aliphatic heterocycles. The summed E-state index contributed by atoms with van der Waals surface area (Å²) in [6, 6.07) is 12.4. The monoisotopic (exact) mass is 346 g/mol. The van der Waals surface area contributed by atoms with Gasteiger partial charge in [0.25, 0.3) is 0 Å². The van der Waals surface area contributed by atoms with E-state index in [2.05, 4.69) is 47.6 Å². The number of anilines is 1. The number of aromatic nitrogens is 5. The summed E-state index contributed by atoms with van der Waals surface area (Å²) in [5.74, 6) is 0.918. The van der Waals surface area contributed by atoms with Crippen molar-refractivity contribution in [2.45, 2.75) is 26.8 Å². The lowest BCUT2D eigenvalue weighted by molar-refractivity contribution is 0.764. The molecule has 0 fully saturated rings. The molecule has 26 heavy (non-hydrogen) atoms. The van der Waals surface area contributed by atoms with E-state index in [1.165, 1.54) is 0 Å². The van der Waals surface area contributed by atoms with E-state index in [9.17, 15) is 0 Å². The molecule has 0 aliphatic carbocycles. The van der Waals surface area contributed by atoms with Crippen LogP contribution in [-0.4, -0.2) is 24.4 Å². The van der Waals surface area contributed by atoms with Gasteiger partial charge in [-0.25, -0.2) is 4.98 Å². The quantitative estimate of drug-likeness (QED) is 0.608. The maximum Gasteiger partial charge on any atom is 0.161 e. The van der Waals surface area contributed by atoms with Gasteiger partial charge in [-0.05, 0) is 20.8 Å². The molecule has 0 amide bonds. The first kappa shape index (κ1) is 16.3. The van der Waals surface area contributed by atoms with Crippen LogP contribution in [0.3, 0.4) is 0 Å². The van der Waals surface area contributed by atoms with Gasteiger partial charge in [0.15, 0.2) is 5.65 Å². The zero-order valence-corrected chi connectivity index (χ0v) is 15.4. The first-order valence-corrected chi connectivity index (χ1v) is 8.70. The summed E-state index contributed by atoms with van der Waals surface area (Å²) < 4.78 is 3.71. The van der Waals surface area contributed by atoms with Crippen LogP contribution < -0.4 is 5.32 Å². The summed E-state index contributed by atoms with van der Waals surface area (Å²) in [5.41, 5.74) is 6.11. The second-order valence-corrected chi connectivity index (χ2v) is 6.65. The molecule has 0 spiro atoms. The third-order valence-electron chi connectivity index (χ3n) is 4.72. The lowest BCUT2D eigenvalue weighted by atomic mass is 10.1. The fraction of sp³-hybridized carbons (Fsp3) is 0.250. The van der Waals surface area contributed by atoms with Crippen molar-refractivity contribution < 1.29 is 0 Å². The fourth-order valence-electron chi connectivity index (χ4n) is 3.06. The number of hydrogen-bond donors (Lipinski definition) is 1. The maximum absolute atomic E-state index is 4.85. The topological polar surface area (TPSA) is 60.0 Å². The molecule has 132 valence electrons. The van der Waals surface area contributed by atoms with Crippen LogP contribution >= 0.6 is 0 Å². The van der Waals surface area contributed by atoms with Crippen molar-refractivity contribution in [2.24, 2.45) is 7.05 Å². The highest BCUT2D eigenvalue weighted by atomic mass is 15.3. The Morgan fingerprint density at radius 1 is 1.12 bits per heavy atom. The van der Waals surface area contributed by atoms with Crippen molar-refractivity contribution in [3.63, 3.8) is 0 Å². The van der Waals surface area contributed by atoms with Crippen LogP contribution in [0.15, 0.2) is 48.8 Å². The number of aryl methyl sites for hydroxylation is 3. The molecule has 0 aliphatic rings. The minimum absolute atomic E-state index is 0.0998. The van der Waals surface area contributed by atoms with Gasteiger partial charge in [0.1, 0.15) is 5.82 Å². The Morgan fingerprint density at radius 3 is 2.58 bits per heavy atom. The predicted molar refractivity (Wildman–Crippen MR) is 103 cm³/mol. The highest BCUT2D eigenvalue weighted by molar-refractivity contribution is 5.68. The van der Waals surface area contributed by atoms with Crippen LogP contribution in [0.1, 0.15) is 29.8 Å². The lowest BCUT2D eigenvalue weighted by Crippen LogP contribution is -2.11. The van der Waals surface area contributed by atoms with E-state index >= 15 is 0 Å². The summed E-state index contributed by atoms with van der Waals surface area (Å²) in [5, 5.41) is 12.5. The van der Waals surface area contributed by atoms with Gasteiger partial charge in [0.05, 0.1) is 23.6 Å². The number of fused-ring (bicyclic) bond motifs is 1. The van der Waals surface area contributed by atoms with Crippen molar-refractivity contribution in [3.05, 3.63) is 65.6 Å². The first-order valence-electron chi connectivity index (χ1n) is 8.70. The summed E-state index contributed by atoms with van der Waals surface area (Å²) in [6.07, 6.45) is 3.90. The number of benzene rings is 1. The van der Waals surface area contributed by atoms with Crippen LogP contribution in [0.2, 0.25) is 0 Å². The smallest absolute Gasteiger partial charge is 0.161 e. The van der Waals surface area contributed by atoms with Crippen LogP contribution in [0.5, 0.6) is 0 Å². The Morgan fingerprint density at radius 2 is 1.88 bits per heavy atom. The van der Waals surface area contributed by atoms with Gasteiger partial charge < -0.3 is 5.32 Å². The van der Waals surface area contributed by atoms with E-state index in [0.717, 1.165) is 39.5 Å². The van der Waals surface area contributed by atoms with Crippen molar-refractivity contribution in [2.75, 3.05) is 5.32 Å². The molecule has 6 heteroatoms. The number of nitrogens with zero attached hydrogens (tertiary/aromatic N) is 5. The molecule has 3 heterocycles.